The van der Waals surface area contributed by atoms with Gasteiger partial charge in [-0.05, 0) is 5.56 Å². The average Bonchev–Trinajstić information content (AvgIpc) is 2.46. The number of anilines is 1. The first-order valence-electron chi connectivity index (χ1n) is 5.48. The number of aromatic carboxylic acids is 1. The lowest BCUT2D eigenvalue weighted by atomic mass is 10.3. The van der Waals surface area contributed by atoms with Gasteiger partial charge in [-0.25, -0.2) is 19.7 Å². The molecule has 0 atom stereocenters. The Kier molecular flexibility index (Phi) is 3.87. The highest BCUT2D eigenvalue weighted by molar-refractivity contribution is 5.90. The summed E-state index contributed by atoms with van der Waals surface area (Å²) in [6, 6.07) is 3.56. The standard InChI is InChI=1S/C12H12N4O3/c1-19-9-3-2-8(6-15-9)7-16-11-10(12(17)18)13-4-5-14-11/h2-6H,7H2,1H3,(H,14,16)(H,17,18). The number of nitrogens with zero attached hydrogens (tertiary/aromatic N) is 3. The van der Waals surface area contributed by atoms with E-state index < -0.39 is 5.97 Å². The Morgan fingerprint density at radius 2 is 2.11 bits per heavy atom. The first-order chi connectivity index (χ1) is 9.20. The molecule has 0 saturated heterocycles. The van der Waals surface area contributed by atoms with Crippen molar-refractivity contribution in [2.45, 2.75) is 6.54 Å². The third kappa shape index (κ3) is 3.15. The molecule has 98 valence electrons. The number of rotatable bonds is 5. The molecule has 0 amide bonds. The molecule has 0 unspecified atom stereocenters. The van der Waals surface area contributed by atoms with E-state index in [1.54, 1.807) is 19.4 Å². The fourth-order valence-corrected chi connectivity index (χ4v) is 1.45. The van der Waals surface area contributed by atoms with Crippen molar-refractivity contribution in [3.8, 4) is 5.88 Å². The van der Waals surface area contributed by atoms with Gasteiger partial charge in [0.05, 0.1) is 7.11 Å². The van der Waals surface area contributed by atoms with E-state index in [4.69, 9.17) is 9.84 Å². The van der Waals surface area contributed by atoms with Gasteiger partial charge >= 0.3 is 5.97 Å². The number of methoxy groups -OCH3 is 1. The molecule has 2 aromatic rings. The minimum absolute atomic E-state index is 0.107. The van der Waals surface area contributed by atoms with Crippen LogP contribution in [0.2, 0.25) is 0 Å². The second-order valence-corrected chi connectivity index (χ2v) is 3.62. The number of nitrogens with one attached hydrogen (secondary N) is 1. The zero-order chi connectivity index (χ0) is 13.7. The second-order valence-electron chi connectivity index (χ2n) is 3.62. The molecule has 0 aromatic carbocycles. The van der Waals surface area contributed by atoms with E-state index in [-0.39, 0.29) is 11.5 Å². The summed E-state index contributed by atoms with van der Waals surface area (Å²) in [6.07, 6.45) is 4.41. The Bertz CT molecular complexity index is 571. The van der Waals surface area contributed by atoms with E-state index >= 15 is 0 Å². The minimum Gasteiger partial charge on any atom is -0.481 e. The van der Waals surface area contributed by atoms with Crippen molar-refractivity contribution in [2.24, 2.45) is 0 Å². The number of carboxylic acid groups (broad SMARTS) is 1. The maximum atomic E-state index is 10.9. The van der Waals surface area contributed by atoms with Gasteiger partial charge in [0.25, 0.3) is 0 Å². The van der Waals surface area contributed by atoms with Gasteiger partial charge in [-0.2, -0.15) is 0 Å². The smallest absolute Gasteiger partial charge is 0.358 e. The van der Waals surface area contributed by atoms with Gasteiger partial charge in [-0.1, -0.05) is 6.07 Å². The van der Waals surface area contributed by atoms with E-state index in [2.05, 4.69) is 20.3 Å². The molecular formula is C12H12N4O3. The van der Waals surface area contributed by atoms with Gasteiger partial charge in [-0.15, -0.1) is 0 Å². The number of pyridine rings is 1. The van der Waals surface area contributed by atoms with E-state index in [0.29, 0.717) is 12.4 Å². The normalized spacial score (nSPS) is 9.95. The fraction of sp³-hybridized carbons (Fsp3) is 0.167. The maximum absolute atomic E-state index is 10.9. The summed E-state index contributed by atoms with van der Waals surface area (Å²) in [5, 5.41) is 11.9. The number of hydrogen-bond acceptors (Lipinski definition) is 6. The molecule has 2 rings (SSSR count). The van der Waals surface area contributed by atoms with Crippen LogP contribution in [-0.2, 0) is 6.54 Å². The highest BCUT2D eigenvalue weighted by atomic mass is 16.5. The van der Waals surface area contributed by atoms with Gasteiger partial charge in [0, 0.05) is 31.2 Å². The summed E-state index contributed by atoms with van der Waals surface area (Å²) in [6.45, 7) is 0.399. The number of carbonyl (C=O) groups is 1. The quantitative estimate of drug-likeness (QED) is 0.833. The van der Waals surface area contributed by atoms with Crippen molar-refractivity contribution in [1.82, 2.24) is 15.0 Å². The van der Waals surface area contributed by atoms with E-state index in [1.165, 1.54) is 12.4 Å². The molecule has 2 heterocycles. The first-order valence-corrected chi connectivity index (χ1v) is 5.48. The monoisotopic (exact) mass is 260 g/mol. The zero-order valence-corrected chi connectivity index (χ0v) is 10.2. The highest BCUT2D eigenvalue weighted by Gasteiger charge is 2.11. The SMILES string of the molecule is COc1ccc(CNc2nccnc2C(=O)O)cn1. The second kappa shape index (κ2) is 5.76. The van der Waals surface area contributed by atoms with Crippen LogP contribution in [0.15, 0.2) is 30.7 Å². The molecular weight excluding hydrogens is 248 g/mol. The maximum Gasteiger partial charge on any atom is 0.358 e. The molecule has 7 heteroatoms. The molecule has 0 aliphatic heterocycles. The molecule has 0 spiro atoms. The van der Waals surface area contributed by atoms with E-state index in [1.807, 2.05) is 6.07 Å². The molecule has 2 N–H and O–H groups in total. The van der Waals surface area contributed by atoms with Crippen LogP contribution in [0.5, 0.6) is 5.88 Å². The lowest BCUT2D eigenvalue weighted by Crippen LogP contribution is -2.10. The lowest BCUT2D eigenvalue weighted by molar-refractivity contribution is 0.0691. The Morgan fingerprint density at radius 3 is 2.74 bits per heavy atom. The molecule has 0 aliphatic rings. The Morgan fingerprint density at radius 1 is 1.32 bits per heavy atom. The van der Waals surface area contributed by atoms with Crippen LogP contribution in [0.25, 0.3) is 0 Å². The van der Waals surface area contributed by atoms with Crippen molar-refractivity contribution in [3.63, 3.8) is 0 Å². The Balaban J connectivity index is 2.07. The summed E-state index contributed by atoms with van der Waals surface area (Å²) in [7, 11) is 1.54. The van der Waals surface area contributed by atoms with Crippen LogP contribution in [0.1, 0.15) is 16.1 Å². The molecule has 0 bridgehead atoms. The van der Waals surface area contributed by atoms with Crippen molar-refractivity contribution in [1.29, 1.82) is 0 Å². The van der Waals surface area contributed by atoms with Crippen LogP contribution in [0.4, 0.5) is 5.82 Å². The number of aromatic nitrogens is 3. The predicted molar refractivity (Wildman–Crippen MR) is 67.1 cm³/mol. The number of hydrogen-bond donors (Lipinski definition) is 2. The van der Waals surface area contributed by atoms with Crippen molar-refractivity contribution in [3.05, 3.63) is 42.0 Å². The summed E-state index contributed by atoms with van der Waals surface area (Å²) < 4.78 is 4.95. The van der Waals surface area contributed by atoms with Crippen molar-refractivity contribution >= 4 is 11.8 Å². The van der Waals surface area contributed by atoms with Crippen LogP contribution in [-0.4, -0.2) is 33.1 Å². The summed E-state index contributed by atoms with van der Waals surface area (Å²) in [5.41, 5.74) is 0.770. The topological polar surface area (TPSA) is 97.2 Å². The third-order valence-corrected chi connectivity index (χ3v) is 2.37. The predicted octanol–water partition coefficient (Wildman–Crippen LogP) is 1.19. The van der Waals surface area contributed by atoms with Gasteiger partial charge in [-0.3, -0.25) is 0 Å². The zero-order valence-electron chi connectivity index (χ0n) is 10.2. The van der Waals surface area contributed by atoms with Crippen LogP contribution in [0, 0.1) is 0 Å². The highest BCUT2D eigenvalue weighted by Crippen LogP contribution is 2.11. The molecule has 0 aliphatic carbocycles. The molecule has 2 aromatic heterocycles. The van der Waals surface area contributed by atoms with E-state index in [0.717, 1.165) is 5.56 Å². The van der Waals surface area contributed by atoms with Gasteiger partial charge < -0.3 is 15.2 Å². The largest absolute Gasteiger partial charge is 0.481 e. The summed E-state index contributed by atoms with van der Waals surface area (Å²) >= 11 is 0. The Hall–Kier alpha value is -2.70. The average molecular weight is 260 g/mol. The number of ether oxygens (including phenoxy) is 1. The van der Waals surface area contributed by atoms with E-state index in [9.17, 15) is 4.79 Å². The van der Waals surface area contributed by atoms with Gasteiger partial charge in [0.1, 0.15) is 0 Å². The van der Waals surface area contributed by atoms with Crippen LogP contribution < -0.4 is 10.1 Å². The lowest BCUT2D eigenvalue weighted by Gasteiger charge is -2.07. The Labute approximate surface area is 109 Å². The molecule has 0 saturated carbocycles. The first kappa shape index (κ1) is 12.7. The van der Waals surface area contributed by atoms with Crippen molar-refractivity contribution < 1.29 is 14.6 Å². The van der Waals surface area contributed by atoms with Gasteiger partial charge in [0.15, 0.2) is 11.5 Å². The third-order valence-electron chi connectivity index (χ3n) is 2.37. The molecule has 0 radical (unpaired) electrons. The molecule has 19 heavy (non-hydrogen) atoms. The number of carboxylic acids is 1. The van der Waals surface area contributed by atoms with Gasteiger partial charge in [0.2, 0.25) is 5.88 Å². The molecule has 7 nitrogen and oxygen atoms in total. The summed E-state index contributed by atoms with van der Waals surface area (Å²) in [5.74, 6) is -0.372. The fourth-order valence-electron chi connectivity index (χ4n) is 1.45. The minimum atomic E-state index is -1.12. The molecule has 0 fully saturated rings. The van der Waals surface area contributed by atoms with Crippen LogP contribution in [0.3, 0.4) is 0 Å². The van der Waals surface area contributed by atoms with Crippen LogP contribution >= 0.6 is 0 Å². The summed E-state index contributed by atoms with van der Waals surface area (Å²) in [4.78, 5) is 22.7. The van der Waals surface area contributed by atoms with Crippen molar-refractivity contribution in [2.75, 3.05) is 12.4 Å².